The number of aliphatic imine (C=N–C) groups is 1. The molecule has 0 aromatic heterocycles. The fourth-order valence-corrected chi connectivity index (χ4v) is 10.7. The molecule has 3 aliphatic carbocycles. The van der Waals surface area contributed by atoms with Crippen molar-refractivity contribution in [2.45, 2.75) is 56.0 Å². The fourth-order valence-electron chi connectivity index (χ4n) is 10.7. The highest BCUT2D eigenvalue weighted by Crippen LogP contribution is 2.63. The Balaban J connectivity index is 1.10. The first-order valence-electron chi connectivity index (χ1n) is 21.7. The van der Waals surface area contributed by atoms with Gasteiger partial charge >= 0.3 is 0 Å². The van der Waals surface area contributed by atoms with E-state index in [0.29, 0.717) is 17.9 Å². The number of ether oxygens (including phenoxy) is 1. The minimum atomic E-state index is -0.571. The van der Waals surface area contributed by atoms with E-state index in [4.69, 9.17) is 21.2 Å². The molecule has 7 aromatic rings. The molecule has 4 heteroatoms. The van der Waals surface area contributed by atoms with Gasteiger partial charge in [-0.05, 0) is 110 Å². The largest absolute Gasteiger partial charge is 0.460 e. The topological polar surface area (TPSA) is 73.6 Å². The maximum absolute atomic E-state index is 7.41. The number of hydrogen-bond donors (Lipinski definition) is 2. The molecule has 0 aliphatic heterocycles. The van der Waals surface area contributed by atoms with Crippen molar-refractivity contribution in [1.29, 1.82) is 0 Å². The van der Waals surface area contributed by atoms with Crippen molar-refractivity contribution in [3.8, 4) is 16.9 Å². The minimum Gasteiger partial charge on any atom is -0.460 e. The molecule has 2 unspecified atom stereocenters. The van der Waals surface area contributed by atoms with E-state index in [2.05, 4.69) is 184 Å². The van der Waals surface area contributed by atoms with Crippen molar-refractivity contribution in [2.24, 2.45) is 16.5 Å². The lowest BCUT2D eigenvalue weighted by Gasteiger charge is -2.46. The summed E-state index contributed by atoms with van der Waals surface area (Å²) in [5.74, 6) is 1.37. The lowest BCUT2D eigenvalue weighted by Crippen LogP contribution is -2.40. The second-order valence-electron chi connectivity index (χ2n) is 17.3. The van der Waals surface area contributed by atoms with Gasteiger partial charge in [0.05, 0.1) is 17.5 Å². The van der Waals surface area contributed by atoms with Gasteiger partial charge in [-0.1, -0.05) is 184 Å². The zero-order valence-electron chi connectivity index (χ0n) is 35.4. The molecule has 7 aromatic carbocycles. The summed E-state index contributed by atoms with van der Waals surface area (Å²) in [5.41, 5.74) is 30.9. The maximum atomic E-state index is 7.41. The SMILES string of the molecule is C=NC(c1ccccc1)c1cccc2c1-c1cc(C(N)c3ccccc3O/C(=C/N)CC3=CCCC(c4ccccc4)=C3)ccc1C21c2ccccc2C(C)(C)c2ccccc21. The first kappa shape index (κ1) is 39.1. The summed E-state index contributed by atoms with van der Waals surface area (Å²) in [4.78, 5) is 4.82. The lowest BCUT2D eigenvalue weighted by atomic mass is 9.55. The van der Waals surface area contributed by atoms with Gasteiger partial charge in [0.1, 0.15) is 11.5 Å². The van der Waals surface area contributed by atoms with Crippen molar-refractivity contribution < 1.29 is 4.74 Å². The molecular weight excluding hydrogens is 755 g/mol. The molecule has 0 heterocycles. The predicted octanol–water partition coefficient (Wildman–Crippen LogP) is 12.9. The molecule has 0 amide bonds. The van der Waals surface area contributed by atoms with E-state index < -0.39 is 11.5 Å². The first-order valence-corrected chi connectivity index (χ1v) is 21.7. The van der Waals surface area contributed by atoms with Crippen molar-refractivity contribution in [2.75, 3.05) is 0 Å². The molecule has 2 atom stereocenters. The van der Waals surface area contributed by atoms with Crippen LogP contribution in [0.25, 0.3) is 16.7 Å². The standard InChI is InChI=1S/C58H51N3O/c1-57(2)48-26-11-13-28-50(48)58(51-29-14-12-27-49(51)57)47-33-32-42(36-46(47)54-45(25-17-30-52(54)58)56(61-3)40-21-8-5-9-22-40)55(60)44-24-10-15-31-53(44)62-43(37-59)35-38-18-16-23-41(34-38)39-19-6-4-7-20-39/h4-15,17-22,24-34,36-37,55-56H,3,16,23,35,59-60H2,1-2H3/b43-37+. The highest BCUT2D eigenvalue weighted by Gasteiger charge is 2.54. The van der Waals surface area contributed by atoms with Gasteiger partial charge in [0.2, 0.25) is 0 Å². The third-order valence-electron chi connectivity index (χ3n) is 13.6. The van der Waals surface area contributed by atoms with Crippen LogP contribution in [-0.2, 0) is 10.8 Å². The maximum Gasteiger partial charge on any atom is 0.132 e. The number of nitrogens with zero attached hydrogens (tertiary/aromatic N) is 1. The summed E-state index contributed by atoms with van der Waals surface area (Å²) < 4.78 is 6.70. The van der Waals surface area contributed by atoms with Crippen LogP contribution in [0.3, 0.4) is 0 Å². The number of rotatable bonds is 10. The highest BCUT2D eigenvalue weighted by molar-refractivity contribution is 5.91. The molecule has 4 nitrogen and oxygen atoms in total. The van der Waals surface area contributed by atoms with Crippen LogP contribution in [0.4, 0.5) is 0 Å². The van der Waals surface area contributed by atoms with Gasteiger partial charge in [-0.25, -0.2) is 0 Å². The minimum absolute atomic E-state index is 0.203. The zero-order valence-corrected chi connectivity index (χ0v) is 35.4. The molecule has 4 N–H and O–H groups in total. The van der Waals surface area contributed by atoms with Crippen LogP contribution in [0.2, 0.25) is 0 Å². The summed E-state index contributed by atoms with van der Waals surface area (Å²) in [5, 5.41) is 0. The molecule has 10 rings (SSSR count). The van der Waals surface area contributed by atoms with Crippen LogP contribution >= 0.6 is 0 Å². The van der Waals surface area contributed by atoms with Crippen LogP contribution < -0.4 is 16.2 Å². The number of benzene rings is 7. The average Bonchev–Trinajstić information content (AvgIpc) is 3.62. The third kappa shape index (κ3) is 6.28. The van der Waals surface area contributed by atoms with E-state index >= 15 is 0 Å². The van der Waals surface area contributed by atoms with Gasteiger partial charge in [0.25, 0.3) is 0 Å². The molecule has 0 saturated heterocycles. The van der Waals surface area contributed by atoms with Gasteiger partial charge in [0, 0.05) is 23.6 Å². The van der Waals surface area contributed by atoms with Crippen LogP contribution in [0, 0.1) is 0 Å². The Morgan fingerprint density at radius 3 is 1.98 bits per heavy atom. The number of fused-ring (bicyclic) bond motifs is 9. The molecular formula is C58H51N3O. The Morgan fingerprint density at radius 1 is 0.677 bits per heavy atom. The Kier molecular flexibility index (Phi) is 9.97. The van der Waals surface area contributed by atoms with E-state index in [1.54, 1.807) is 6.20 Å². The van der Waals surface area contributed by atoms with Crippen LogP contribution in [-0.4, -0.2) is 6.72 Å². The van der Waals surface area contributed by atoms with Crippen molar-refractivity contribution in [3.05, 3.63) is 261 Å². The van der Waals surface area contributed by atoms with Gasteiger partial charge in [-0.15, -0.1) is 0 Å². The van der Waals surface area contributed by atoms with Gasteiger partial charge < -0.3 is 16.2 Å². The Morgan fingerprint density at radius 2 is 1.29 bits per heavy atom. The number of allylic oxidation sites excluding steroid dienone is 4. The molecule has 3 aliphatic rings. The van der Waals surface area contributed by atoms with Crippen molar-refractivity contribution >= 4 is 12.3 Å². The summed E-state index contributed by atoms with van der Waals surface area (Å²) in [6, 6.07) is 60.1. The van der Waals surface area contributed by atoms with E-state index in [9.17, 15) is 0 Å². The number of para-hydroxylation sites is 1. The van der Waals surface area contributed by atoms with Crippen molar-refractivity contribution in [3.63, 3.8) is 0 Å². The summed E-state index contributed by atoms with van der Waals surface area (Å²) in [6.45, 7) is 8.88. The normalized spacial score (nSPS) is 16.5. The summed E-state index contributed by atoms with van der Waals surface area (Å²) >= 11 is 0. The lowest BCUT2D eigenvalue weighted by molar-refractivity contribution is 0.405. The fraction of sp³-hybridized carbons (Fsp3) is 0.155. The van der Waals surface area contributed by atoms with E-state index in [0.717, 1.165) is 40.7 Å². The van der Waals surface area contributed by atoms with E-state index in [-0.39, 0.29) is 11.5 Å². The first-order chi connectivity index (χ1) is 30.3. The third-order valence-corrected chi connectivity index (χ3v) is 13.6. The van der Waals surface area contributed by atoms with Gasteiger partial charge in [-0.3, -0.25) is 4.99 Å². The Bertz CT molecular complexity index is 2890. The Labute approximate surface area is 365 Å². The molecule has 0 radical (unpaired) electrons. The van der Waals surface area contributed by atoms with Crippen LogP contribution in [0.15, 0.2) is 205 Å². The smallest absolute Gasteiger partial charge is 0.132 e. The summed E-state index contributed by atoms with van der Waals surface area (Å²) in [7, 11) is 0. The monoisotopic (exact) mass is 805 g/mol. The molecule has 0 bridgehead atoms. The summed E-state index contributed by atoms with van der Waals surface area (Å²) in [6.07, 6.45) is 8.71. The zero-order chi connectivity index (χ0) is 42.4. The predicted molar refractivity (Wildman–Crippen MR) is 255 cm³/mol. The van der Waals surface area contributed by atoms with Crippen LogP contribution in [0.5, 0.6) is 5.75 Å². The number of hydrogen-bond acceptors (Lipinski definition) is 4. The van der Waals surface area contributed by atoms with E-state index in [1.807, 2.05) is 18.2 Å². The molecule has 0 fully saturated rings. The molecule has 0 saturated carbocycles. The number of nitrogens with two attached hydrogens (primary N) is 2. The molecule has 62 heavy (non-hydrogen) atoms. The Hall–Kier alpha value is -7.01. The average molecular weight is 806 g/mol. The second-order valence-corrected chi connectivity index (χ2v) is 17.3. The molecule has 304 valence electrons. The van der Waals surface area contributed by atoms with Gasteiger partial charge in [0.15, 0.2) is 0 Å². The highest BCUT2D eigenvalue weighted by atomic mass is 16.5. The quantitative estimate of drug-likeness (QED) is 0.107. The van der Waals surface area contributed by atoms with Gasteiger partial charge in [-0.2, -0.15) is 0 Å². The second kappa shape index (κ2) is 15.8. The van der Waals surface area contributed by atoms with Crippen molar-refractivity contribution in [1.82, 2.24) is 0 Å². The van der Waals surface area contributed by atoms with Crippen LogP contribution in [0.1, 0.15) is 106 Å². The van der Waals surface area contributed by atoms with E-state index in [1.165, 1.54) is 55.7 Å². The molecule has 1 spiro atoms.